The van der Waals surface area contributed by atoms with Gasteiger partial charge in [-0.25, -0.2) is 0 Å². The minimum atomic E-state index is 1.12. The van der Waals surface area contributed by atoms with Gasteiger partial charge in [0.1, 0.15) is 0 Å². The smallest absolute Gasteiger partial charge is 0.0491 e. The van der Waals surface area contributed by atoms with Gasteiger partial charge < -0.3 is 4.57 Å². The Morgan fingerprint density at radius 2 is 2.19 bits per heavy atom. The number of halogens is 1. The van der Waals surface area contributed by atoms with E-state index in [2.05, 4.69) is 57.9 Å². The first-order valence-corrected chi connectivity index (χ1v) is 7.58. The van der Waals surface area contributed by atoms with E-state index in [0.717, 1.165) is 11.0 Å². The van der Waals surface area contributed by atoms with Crippen molar-refractivity contribution in [2.24, 2.45) is 0 Å². The highest BCUT2D eigenvalue weighted by molar-refractivity contribution is 9.10. The number of hydrogen-bond acceptors (Lipinski definition) is 1. The maximum Gasteiger partial charge on any atom is 0.0491 e. The summed E-state index contributed by atoms with van der Waals surface area (Å²) in [7, 11) is 0. The molecular formula is C13H16BrNS. The van der Waals surface area contributed by atoms with Gasteiger partial charge in [-0.05, 0) is 41.5 Å². The maximum atomic E-state index is 3.53. The fourth-order valence-electron chi connectivity index (χ4n) is 1.83. The van der Waals surface area contributed by atoms with Crippen LogP contribution in [0.1, 0.15) is 13.3 Å². The number of nitrogens with zero attached hydrogens (tertiary/aromatic N) is 1. The second kappa shape index (κ2) is 5.78. The fourth-order valence-corrected chi connectivity index (χ4v) is 2.80. The molecule has 0 unspecified atom stereocenters. The summed E-state index contributed by atoms with van der Waals surface area (Å²) in [5, 5.41) is 1.33. The number of hydrogen-bond donors (Lipinski definition) is 0. The van der Waals surface area contributed by atoms with Gasteiger partial charge in [0.05, 0.1) is 0 Å². The van der Waals surface area contributed by atoms with Crippen molar-refractivity contribution in [3.63, 3.8) is 0 Å². The predicted molar refractivity (Wildman–Crippen MR) is 77.3 cm³/mol. The number of fused-ring (bicyclic) bond motifs is 1. The predicted octanol–water partition coefficient (Wildman–Crippen LogP) is 4.55. The summed E-state index contributed by atoms with van der Waals surface area (Å²) in [6.45, 7) is 3.33. The van der Waals surface area contributed by atoms with Crippen molar-refractivity contribution in [1.29, 1.82) is 0 Å². The Balaban J connectivity index is 2.09. The Kier molecular flexibility index (Phi) is 4.36. The Morgan fingerprint density at radius 1 is 1.31 bits per heavy atom. The lowest BCUT2D eigenvalue weighted by Gasteiger charge is -2.05. The zero-order chi connectivity index (χ0) is 11.4. The molecule has 16 heavy (non-hydrogen) atoms. The minimum absolute atomic E-state index is 1.12. The highest BCUT2D eigenvalue weighted by Gasteiger charge is 2.01. The first-order chi connectivity index (χ1) is 7.81. The normalized spacial score (nSPS) is 11.1. The number of aryl methyl sites for hydroxylation is 1. The maximum absolute atomic E-state index is 3.53. The molecule has 3 heteroatoms. The number of rotatable bonds is 5. The molecule has 86 valence electrons. The van der Waals surface area contributed by atoms with Gasteiger partial charge >= 0.3 is 0 Å². The number of thioether (sulfide) groups is 1. The summed E-state index contributed by atoms with van der Waals surface area (Å²) in [6, 6.07) is 8.65. The standard InChI is InChI=1S/C13H16BrNS/c1-2-16-9-3-7-15-8-6-11-4-5-12(14)10-13(11)15/h4-6,8,10H,2-3,7,9H2,1H3. The van der Waals surface area contributed by atoms with Crippen LogP contribution in [0.5, 0.6) is 0 Å². The molecule has 0 saturated heterocycles. The molecule has 1 aromatic heterocycles. The molecule has 0 N–H and O–H groups in total. The fraction of sp³-hybridized carbons (Fsp3) is 0.385. The summed E-state index contributed by atoms with van der Waals surface area (Å²) < 4.78 is 3.50. The number of aromatic nitrogens is 1. The Hall–Kier alpha value is -0.410. The molecule has 0 saturated carbocycles. The lowest BCUT2D eigenvalue weighted by Crippen LogP contribution is -1.97. The van der Waals surface area contributed by atoms with E-state index in [0.29, 0.717) is 0 Å². The Labute approximate surface area is 109 Å². The van der Waals surface area contributed by atoms with Gasteiger partial charge in [-0.15, -0.1) is 0 Å². The molecule has 0 aliphatic heterocycles. The van der Waals surface area contributed by atoms with Crippen LogP contribution in [0.2, 0.25) is 0 Å². The topological polar surface area (TPSA) is 4.93 Å². The van der Waals surface area contributed by atoms with Crippen LogP contribution in [0.4, 0.5) is 0 Å². The molecule has 1 heterocycles. The first kappa shape index (κ1) is 12.1. The zero-order valence-electron chi connectivity index (χ0n) is 9.45. The van der Waals surface area contributed by atoms with E-state index < -0.39 is 0 Å². The average Bonchev–Trinajstić information content (AvgIpc) is 2.67. The van der Waals surface area contributed by atoms with Crippen molar-refractivity contribution in [3.05, 3.63) is 34.9 Å². The van der Waals surface area contributed by atoms with Gasteiger partial charge in [0.25, 0.3) is 0 Å². The Morgan fingerprint density at radius 3 is 3.00 bits per heavy atom. The van der Waals surface area contributed by atoms with Gasteiger partial charge in [-0.1, -0.05) is 28.9 Å². The second-order valence-electron chi connectivity index (χ2n) is 3.76. The summed E-state index contributed by atoms with van der Waals surface area (Å²) in [4.78, 5) is 0. The third-order valence-corrected chi connectivity index (χ3v) is 4.11. The number of benzene rings is 1. The SMILES string of the molecule is CCSCCCn1ccc2ccc(Br)cc21. The molecule has 0 bridgehead atoms. The molecule has 0 aliphatic rings. The van der Waals surface area contributed by atoms with E-state index in [1.807, 2.05) is 11.8 Å². The lowest BCUT2D eigenvalue weighted by molar-refractivity contribution is 0.709. The molecular weight excluding hydrogens is 282 g/mol. The van der Waals surface area contributed by atoms with Crippen LogP contribution in [0.3, 0.4) is 0 Å². The summed E-state index contributed by atoms with van der Waals surface area (Å²) in [5.41, 5.74) is 1.33. The molecule has 0 fully saturated rings. The molecule has 0 spiro atoms. The molecule has 2 aromatic rings. The van der Waals surface area contributed by atoms with Crippen molar-refractivity contribution in [2.45, 2.75) is 19.9 Å². The van der Waals surface area contributed by atoms with Crippen LogP contribution < -0.4 is 0 Å². The summed E-state index contributed by atoms with van der Waals surface area (Å²) in [5.74, 6) is 2.47. The van der Waals surface area contributed by atoms with E-state index >= 15 is 0 Å². The first-order valence-electron chi connectivity index (χ1n) is 5.63. The second-order valence-corrected chi connectivity index (χ2v) is 6.07. The van der Waals surface area contributed by atoms with Crippen LogP contribution in [-0.4, -0.2) is 16.1 Å². The van der Waals surface area contributed by atoms with Crippen molar-refractivity contribution in [2.75, 3.05) is 11.5 Å². The third-order valence-electron chi connectivity index (χ3n) is 2.63. The van der Waals surface area contributed by atoms with E-state index in [9.17, 15) is 0 Å². The highest BCUT2D eigenvalue weighted by Crippen LogP contribution is 2.21. The third kappa shape index (κ3) is 2.83. The van der Waals surface area contributed by atoms with Crippen LogP contribution >= 0.6 is 27.7 Å². The van der Waals surface area contributed by atoms with E-state index in [1.165, 1.54) is 28.8 Å². The molecule has 1 aromatic carbocycles. The van der Waals surface area contributed by atoms with Crippen molar-refractivity contribution in [3.8, 4) is 0 Å². The van der Waals surface area contributed by atoms with Gasteiger partial charge in [-0.2, -0.15) is 11.8 Å². The molecule has 0 radical (unpaired) electrons. The van der Waals surface area contributed by atoms with Gasteiger partial charge in [-0.3, -0.25) is 0 Å². The van der Waals surface area contributed by atoms with Gasteiger partial charge in [0, 0.05) is 22.7 Å². The van der Waals surface area contributed by atoms with Crippen LogP contribution in [-0.2, 0) is 6.54 Å². The monoisotopic (exact) mass is 297 g/mol. The molecule has 0 aliphatic carbocycles. The van der Waals surface area contributed by atoms with Crippen molar-refractivity contribution in [1.82, 2.24) is 4.57 Å². The van der Waals surface area contributed by atoms with Gasteiger partial charge in [0.15, 0.2) is 0 Å². The Bertz CT molecular complexity index is 464. The summed E-state index contributed by atoms with van der Waals surface area (Å²) >= 11 is 5.54. The zero-order valence-corrected chi connectivity index (χ0v) is 11.9. The van der Waals surface area contributed by atoms with Crippen LogP contribution in [0.25, 0.3) is 10.9 Å². The van der Waals surface area contributed by atoms with E-state index in [1.54, 1.807) is 0 Å². The average molecular weight is 298 g/mol. The van der Waals surface area contributed by atoms with Crippen LogP contribution in [0.15, 0.2) is 34.9 Å². The van der Waals surface area contributed by atoms with Crippen molar-refractivity contribution >= 4 is 38.6 Å². The summed E-state index contributed by atoms with van der Waals surface area (Å²) in [6.07, 6.45) is 3.43. The van der Waals surface area contributed by atoms with E-state index in [-0.39, 0.29) is 0 Å². The largest absolute Gasteiger partial charge is 0.347 e. The van der Waals surface area contributed by atoms with E-state index in [4.69, 9.17) is 0 Å². The van der Waals surface area contributed by atoms with Crippen molar-refractivity contribution < 1.29 is 0 Å². The molecule has 0 amide bonds. The lowest BCUT2D eigenvalue weighted by atomic mass is 10.2. The highest BCUT2D eigenvalue weighted by atomic mass is 79.9. The molecule has 1 nitrogen and oxygen atoms in total. The quantitative estimate of drug-likeness (QED) is 0.733. The van der Waals surface area contributed by atoms with Crippen LogP contribution in [0, 0.1) is 0 Å². The molecule has 0 atom stereocenters. The molecule has 2 rings (SSSR count). The minimum Gasteiger partial charge on any atom is -0.347 e. The van der Waals surface area contributed by atoms with Gasteiger partial charge in [0.2, 0.25) is 0 Å².